The summed E-state index contributed by atoms with van der Waals surface area (Å²) in [6.45, 7) is 8.02. The van der Waals surface area contributed by atoms with Crippen LogP contribution in [0.25, 0.3) is 0 Å². The van der Waals surface area contributed by atoms with Crippen molar-refractivity contribution in [1.82, 2.24) is 15.1 Å². The highest BCUT2D eigenvalue weighted by Crippen LogP contribution is 2.51. The number of ether oxygens (including phenoxy) is 1. The average molecular weight is 703 g/mol. The molecule has 12 heteroatoms. The van der Waals surface area contributed by atoms with E-state index in [9.17, 15) is 22.7 Å². The number of alkyl halides is 1. The molecule has 2 aromatic rings. The number of halogens is 2. The van der Waals surface area contributed by atoms with E-state index in [2.05, 4.69) is 21.2 Å². The van der Waals surface area contributed by atoms with Crippen molar-refractivity contribution in [3.63, 3.8) is 0 Å². The number of aliphatic hydroxyl groups is 1. The molecule has 4 aliphatic rings. The summed E-state index contributed by atoms with van der Waals surface area (Å²) in [6.07, 6.45) is 5.20. The second-order valence-corrected chi connectivity index (χ2v) is 17.6. The van der Waals surface area contributed by atoms with Crippen LogP contribution in [0, 0.1) is 17.7 Å². The van der Waals surface area contributed by atoms with Crippen molar-refractivity contribution in [1.29, 1.82) is 0 Å². The Labute approximate surface area is 289 Å². The summed E-state index contributed by atoms with van der Waals surface area (Å²) >= 11 is 0. The van der Waals surface area contributed by atoms with Crippen molar-refractivity contribution in [2.75, 3.05) is 70.1 Å². The molecule has 3 saturated heterocycles. The van der Waals surface area contributed by atoms with E-state index < -0.39 is 27.2 Å². The van der Waals surface area contributed by atoms with Gasteiger partial charge in [0.15, 0.2) is 15.5 Å². The van der Waals surface area contributed by atoms with Crippen LogP contribution in [0.4, 0.5) is 19.3 Å². The molecule has 0 unspecified atom stereocenters. The van der Waals surface area contributed by atoms with E-state index in [-0.39, 0.29) is 52.8 Å². The van der Waals surface area contributed by atoms with Crippen LogP contribution in [0.3, 0.4) is 0 Å². The molecule has 1 saturated carbocycles. The number of carbonyl (C=O) groups is 1. The summed E-state index contributed by atoms with van der Waals surface area (Å²) in [5.74, 6) is -0.274. The fraction of sp³-hybridized carbons (Fsp3) is 0.649. The van der Waals surface area contributed by atoms with Crippen LogP contribution in [0.1, 0.15) is 57.9 Å². The number of piperidine rings is 1. The van der Waals surface area contributed by atoms with Gasteiger partial charge in [0.1, 0.15) is 5.82 Å². The van der Waals surface area contributed by atoms with Gasteiger partial charge in [0.25, 0.3) is 0 Å². The molecule has 270 valence electrons. The number of methoxy groups -OCH3 is 1. The summed E-state index contributed by atoms with van der Waals surface area (Å²) in [4.78, 5) is 19.2. The minimum Gasteiger partial charge on any atom is -0.453 e. The van der Waals surface area contributed by atoms with Gasteiger partial charge >= 0.3 is 6.09 Å². The van der Waals surface area contributed by atoms with Crippen LogP contribution in [-0.2, 0) is 20.0 Å². The van der Waals surface area contributed by atoms with Gasteiger partial charge in [0.2, 0.25) is 0 Å². The second kappa shape index (κ2) is 14.1. The predicted octanol–water partition coefficient (Wildman–Crippen LogP) is 4.78. The average Bonchev–Trinajstić information content (AvgIpc) is 3.47. The highest BCUT2D eigenvalue weighted by Gasteiger charge is 2.54. The molecule has 9 nitrogen and oxygen atoms in total. The lowest BCUT2D eigenvalue weighted by Crippen LogP contribution is -2.65. The van der Waals surface area contributed by atoms with Gasteiger partial charge in [-0.1, -0.05) is 18.6 Å². The standard InChI is InChI=1S/C37H52F2N4O5S/c1-35(2,45)26-49(46,47)31-13-11-30(12-14-31)43-23-36(39,24-43)22-42-19-15-27(16-20-42)37(25-41-17-6-18-41,28-7-4-8-29(38)21-28)32-9-5-10-33(32)40-34(44)48-3/h4,7-8,11-14,21,27,32-33,45H,5-6,9-10,15-20,22-26H2,1-3H3,(H,40,44)/t32-,33-,37-/m0/s1. The Kier molecular flexibility index (Phi) is 10.3. The van der Waals surface area contributed by atoms with Crippen LogP contribution >= 0.6 is 0 Å². The van der Waals surface area contributed by atoms with Gasteiger partial charge in [0, 0.05) is 30.2 Å². The number of hydrogen-bond donors (Lipinski definition) is 2. The number of carbonyl (C=O) groups excluding carboxylic acids is 1. The Morgan fingerprint density at radius 2 is 1.69 bits per heavy atom. The highest BCUT2D eigenvalue weighted by atomic mass is 32.2. The number of likely N-dealkylation sites (tertiary alicyclic amines) is 2. The van der Waals surface area contributed by atoms with E-state index in [0.29, 0.717) is 6.54 Å². The Balaban J connectivity index is 1.14. The Bertz CT molecular complexity index is 1570. The number of nitrogens with zero attached hydrogens (tertiary/aromatic N) is 3. The van der Waals surface area contributed by atoms with Gasteiger partial charge in [-0.3, -0.25) is 4.90 Å². The smallest absolute Gasteiger partial charge is 0.407 e. The lowest BCUT2D eigenvalue weighted by Gasteiger charge is -2.54. The number of anilines is 1. The third kappa shape index (κ3) is 7.92. The number of nitrogens with one attached hydrogen (secondary N) is 1. The van der Waals surface area contributed by atoms with Gasteiger partial charge in [-0.15, -0.1) is 0 Å². The molecule has 3 heterocycles. The first-order valence-corrected chi connectivity index (χ1v) is 19.4. The number of rotatable bonds is 12. The molecule has 2 aromatic carbocycles. The maximum Gasteiger partial charge on any atom is 0.407 e. The molecule has 3 aliphatic heterocycles. The van der Waals surface area contributed by atoms with E-state index in [1.807, 2.05) is 4.90 Å². The molecular formula is C37H52F2N4O5S. The van der Waals surface area contributed by atoms with Crippen LogP contribution < -0.4 is 10.2 Å². The van der Waals surface area contributed by atoms with Crippen LogP contribution in [-0.4, -0.2) is 112 Å². The number of hydrogen-bond acceptors (Lipinski definition) is 8. The van der Waals surface area contributed by atoms with Crippen LogP contribution in [0.5, 0.6) is 0 Å². The molecule has 2 N–H and O–H groups in total. The van der Waals surface area contributed by atoms with Gasteiger partial charge in [-0.2, -0.15) is 0 Å². The highest BCUT2D eigenvalue weighted by molar-refractivity contribution is 7.91. The van der Waals surface area contributed by atoms with Gasteiger partial charge in [-0.05, 0) is 126 Å². The first-order valence-electron chi connectivity index (χ1n) is 17.7. The van der Waals surface area contributed by atoms with E-state index in [1.165, 1.54) is 39.2 Å². The Morgan fingerprint density at radius 1 is 1.00 bits per heavy atom. The van der Waals surface area contributed by atoms with E-state index in [0.717, 1.165) is 82.5 Å². The topological polar surface area (TPSA) is 102 Å². The van der Waals surface area contributed by atoms with Crippen LogP contribution in [0.2, 0.25) is 0 Å². The van der Waals surface area contributed by atoms with Crippen molar-refractivity contribution in [3.05, 3.63) is 59.9 Å². The molecule has 6 rings (SSSR count). The second-order valence-electron chi connectivity index (χ2n) is 15.6. The van der Waals surface area contributed by atoms with E-state index in [4.69, 9.17) is 4.74 Å². The predicted molar refractivity (Wildman–Crippen MR) is 186 cm³/mol. The zero-order valence-corrected chi connectivity index (χ0v) is 29.9. The molecule has 0 spiro atoms. The van der Waals surface area contributed by atoms with Crippen molar-refractivity contribution in [3.8, 4) is 0 Å². The Hall–Kier alpha value is -2.80. The Morgan fingerprint density at radius 3 is 2.29 bits per heavy atom. The number of amides is 1. The molecule has 1 aliphatic carbocycles. The summed E-state index contributed by atoms with van der Waals surface area (Å²) in [7, 11) is -2.25. The lowest BCUT2D eigenvalue weighted by atomic mass is 9.57. The summed E-state index contributed by atoms with van der Waals surface area (Å²) in [6, 6.07) is 13.5. The number of sulfone groups is 1. The molecule has 0 bridgehead atoms. The number of alkyl carbamates (subject to hydrolysis) is 1. The maximum atomic E-state index is 16.1. The summed E-state index contributed by atoms with van der Waals surface area (Å²) in [5, 5.41) is 13.1. The molecular weight excluding hydrogens is 650 g/mol. The van der Waals surface area contributed by atoms with Crippen molar-refractivity contribution >= 4 is 21.6 Å². The van der Waals surface area contributed by atoms with Crippen LogP contribution in [0.15, 0.2) is 53.4 Å². The largest absolute Gasteiger partial charge is 0.453 e. The first kappa shape index (κ1) is 36.0. The fourth-order valence-corrected chi connectivity index (χ4v) is 10.7. The lowest BCUT2D eigenvalue weighted by molar-refractivity contribution is 0.00584. The van der Waals surface area contributed by atoms with Crippen molar-refractivity contribution in [2.45, 2.75) is 80.0 Å². The SMILES string of the molecule is COC(=O)N[C@H]1CCC[C@@H]1[C@](CN1CCC1)(c1cccc(F)c1)C1CCN(CC2(F)CN(c3ccc(S(=O)(=O)CC(C)(C)O)cc3)C2)CC1. The summed E-state index contributed by atoms with van der Waals surface area (Å²) in [5.41, 5.74) is -1.32. The fourth-order valence-electron chi connectivity index (χ4n) is 9.08. The van der Waals surface area contributed by atoms with Gasteiger partial charge < -0.3 is 25.0 Å². The van der Waals surface area contributed by atoms with E-state index in [1.54, 1.807) is 24.3 Å². The minimum absolute atomic E-state index is 0.0687. The monoisotopic (exact) mass is 702 g/mol. The maximum absolute atomic E-state index is 16.1. The molecule has 0 aromatic heterocycles. The quantitative estimate of drug-likeness (QED) is 0.326. The molecule has 3 atom stereocenters. The van der Waals surface area contributed by atoms with Crippen molar-refractivity contribution in [2.24, 2.45) is 11.8 Å². The number of benzene rings is 2. The molecule has 0 radical (unpaired) electrons. The third-order valence-electron chi connectivity index (χ3n) is 11.3. The molecule has 1 amide bonds. The zero-order chi connectivity index (χ0) is 35.0. The van der Waals surface area contributed by atoms with Crippen molar-refractivity contribution < 1.29 is 31.8 Å². The third-order valence-corrected chi connectivity index (χ3v) is 13.4. The normalized spacial score (nSPS) is 24.9. The molecule has 49 heavy (non-hydrogen) atoms. The zero-order valence-electron chi connectivity index (χ0n) is 29.0. The first-order chi connectivity index (χ1) is 23.2. The minimum atomic E-state index is -3.64. The van der Waals surface area contributed by atoms with Gasteiger partial charge in [0.05, 0.1) is 36.4 Å². The summed E-state index contributed by atoms with van der Waals surface area (Å²) < 4.78 is 61.3. The van der Waals surface area contributed by atoms with E-state index >= 15 is 4.39 Å². The van der Waals surface area contributed by atoms with Gasteiger partial charge in [-0.25, -0.2) is 22.0 Å². The molecule has 4 fully saturated rings.